The van der Waals surface area contributed by atoms with Crippen molar-refractivity contribution >= 4 is 23.4 Å². The Balaban J connectivity index is 1.68. The van der Waals surface area contributed by atoms with Crippen LogP contribution in [0.15, 0.2) is 24.3 Å². The maximum atomic E-state index is 12.6. The smallest absolute Gasteiger partial charge is 0.244 e. The normalized spacial score (nSPS) is 26.1. The van der Waals surface area contributed by atoms with Crippen LogP contribution in [0, 0.1) is 0 Å². The van der Waals surface area contributed by atoms with Crippen LogP contribution in [0.5, 0.6) is 5.75 Å². The van der Waals surface area contributed by atoms with Crippen LogP contribution in [0.25, 0.3) is 0 Å². The molecule has 0 unspecified atom stereocenters. The van der Waals surface area contributed by atoms with E-state index < -0.39 is 0 Å². The molecule has 1 aromatic carbocycles. The predicted octanol–water partition coefficient (Wildman–Crippen LogP) is 2.29. The Morgan fingerprint density at radius 1 is 1.33 bits per heavy atom. The fourth-order valence-electron chi connectivity index (χ4n) is 3.08. The van der Waals surface area contributed by atoms with Gasteiger partial charge >= 0.3 is 0 Å². The molecule has 2 heterocycles. The van der Waals surface area contributed by atoms with Crippen LogP contribution in [0.3, 0.4) is 0 Å². The minimum Gasteiger partial charge on any atom is -0.495 e. The van der Waals surface area contributed by atoms with Gasteiger partial charge in [-0.2, -0.15) is 11.8 Å². The number of carbonyl (C=O) groups excluding carboxylic acids is 1. The van der Waals surface area contributed by atoms with Gasteiger partial charge in [-0.05, 0) is 37.1 Å². The van der Waals surface area contributed by atoms with Crippen molar-refractivity contribution in [2.45, 2.75) is 31.3 Å². The first-order valence-corrected chi connectivity index (χ1v) is 8.73. The molecule has 3 rings (SSSR count). The molecule has 5 heteroatoms. The number of amides is 1. The highest BCUT2D eigenvalue weighted by Crippen LogP contribution is 2.31. The van der Waals surface area contributed by atoms with Crippen molar-refractivity contribution < 1.29 is 9.53 Å². The molecule has 1 amide bonds. The van der Waals surface area contributed by atoms with Gasteiger partial charge in [-0.25, -0.2) is 0 Å². The molecule has 2 aliphatic heterocycles. The zero-order valence-electron chi connectivity index (χ0n) is 12.4. The molecule has 2 saturated heterocycles. The summed E-state index contributed by atoms with van der Waals surface area (Å²) in [5.74, 6) is 3.32. The lowest BCUT2D eigenvalue weighted by atomic mass is 10.1. The number of anilines is 1. The third-order valence-electron chi connectivity index (χ3n) is 4.18. The van der Waals surface area contributed by atoms with Gasteiger partial charge in [0.2, 0.25) is 5.91 Å². The number of para-hydroxylation sites is 2. The molecule has 0 radical (unpaired) electrons. The van der Waals surface area contributed by atoms with Crippen LogP contribution >= 0.6 is 11.8 Å². The molecule has 2 fully saturated rings. The van der Waals surface area contributed by atoms with Crippen molar-refractivity contribution in [3.8, 4) is 5.75 Å². The van der Waals surface area contributed by atoms with Gasteiger partial charge in [0.05, 0.1) is 18.8 Å². The summed E-state index contributed by atoms with van der Waals surface area (Å²) < 4.78 is 5.37. The van der Waals surface area contributed by atoms with Gasteiger partial charge in [0, 0.05) is 18.3 Å². The van der Waals surface area contributed by atoms with Crippen molar-refractivity contribution in [1.82, 2.24) is 5.32 Å². The van der Waals surface area contributed by atoms with Crippen LogP contribution in [0.1, 0.15) is 19.3 Å². The summed E-state index contributed by atoms with van der Waals surface area (Å²) in [6, 6.07) is 8.17. The largest absolute Gasteiger partial charge is 0.495 e. The standard InChI is InChI=1S/C16H22N2O2S/c1-20-15-7-3-2-6-14(15)18-9-8-13(16(18)19)17-12-5-4-10-21-11-12/h2-3,6-7,12-13,17H,4-5,8-11H2,1H3/t12-,13+/m1/s1. The number of hydrogen-bond acceptors (Lipinski definition) is 4. The van der Waals surface area contributed by atoms with Crippen LogP contribution in [-0.2, 0) is 4.79 Å². The summed E-state index contributed by atoms with van der Waals surface area (Å²) in [4.78, 5) is 14.5. The van der Waals surface area contributed by atoms with Gasteiger partial charge < -0.3 is 15.0 Å². The first kappa shape index (κ1) is 14.7. The summed E-state index contributed by atoms with van der Waals surface area (Å²) in [5, 5.41) is 3.55. The second kappa shape index (κ2) is 6.71. The molecule has 0 aliphatic carbocycles. The number of rotatable bonds is 4. The lowest BCUT2D eigenvalue weighted by molar-refractivity contribution is -0.119. The van der Waals surface area contributed by atoms with E-state index in [0.29, 0.717) is 6.04 Å². The summed E-state index contributed by atoms with van der Waals surface area (Å²) in [6.45, 7) is 0.761. The number of thioether (sulfide) groups is 1. The monoisotopic (exact) mass is 306 g/mol. The number of hydrogen-bond donors (Lipinski definition) is 1. The molecule has 21 heavy (non-hydrogen) atoms. The molecule has 1 N–H and O–H groups in total. The summed E-state index contributed by atoms with van der Waals surface area (Å²) in [7, 11) is 1.65. The van der Waals surface area contributed by atoms with Crippen molar-refractivity contribution in [3.63, 3.8) is 0 Å². The van der Waals surface area contributed by atoms with E-state index >= 15 is 0 Å². The van der Waals surface area contributed by atoms with Gasteiger partial charge in [0.25, 0.3) is 0 Å². The molecule has 0 spiro atoms. The summed E-state index contributed by atoms with van der Waals surface area (Å²) in [6.07, 6.45) is 3.31. The average molecular weight is 306 g/mol. The van der Waals surface area contributed by atoms with Gasteiger partial charge in [0.1, 0.15) is 5.75 Å². The topological polar surface area (TPSA) is 41.6 Å². The van der Waals surface area contributed by atoms with Crippen molar-refractivity contribution in [2.75, 3.05) is 30.1 Å². The predicted molar refractivity (Wildman–Crippen MR) is 87.2 cm³/mol. The van der Waals surface area contributed by atoms with Crippen LogP contribution in [0.2, 0.25) is 0 Å². The van der Waals surface area contributed by atoms with E-state index in [0.717, 1.165) is 30.2 Å². The minimum absolute atomic E-state index is 0.0430. The number of carbonyl (C=O) groups is 1. The highest BCUT2D eigenvalue weighted by molar-refractivity contribution is 7.99. The highest BCUT2D eigenvalue weighted by Gasteiger charge is 2.35. The quantitative estimate of drug-likeness (QED) is 0.927. The molecule has 1 aromatic rings. The Labute approximate surface area is 130 Å². The van der Waals surface area contributed by atoms with Gasteiger partial charge in [-0.15, -0.1) is 0 Å². The lowest BCUT2D eigenvalue weighted by Gasteiger charge is -2.26. The van der Waals surface area contributed by atoms with Gasteiger partial charge in [-0.1, -0.05) is 12.1 Å². The molecule has 0 bridgehead atoms. The molecule has 0 aromatic heterocycles. The lowest BCUT2D eigenvalue weighted by Crippen LogP contribution is -2.45. The number of benzene rings is 1. The van der Waals surface area contributed by atoms with E-state index in [1.165, 1.54) is 18.6 Å². The van der Waals surface area contributed by atoms with E-state index in [-0.39, 0.29) is 11.9 Å². The number of nitrogens with one attached hydrogen (secondary N) is 1. The van der Waals surface area contributed by atoms with E-state index in [9.17, 15) is 4.79 Å². The minimum atomic E-state index is -0.0430. The van der Waals surface area contributed by atoms with E-state index in [4.69, 9.17) is 4.74 Å². The van der Waals surface area contributed by atoms with Crippen LogP contribution in [0.4, 0.5) is 5.69 Å². The van der Waals surface area contributed by atoms with E-state index in [1.54, 1.807) is 7.11 Å². The third kappa shape index (κ3) is 3.19. The molecule has 0 saturated carbocycles. The summed E-state index contributed by atoms with van der Waals surface area (Å²) in [5.41, 5.74) is 0.882. The molecule has 2 atom stereocenters. The number of methoxy groups -OCH3 is 1. The summed E-state index contributed by atoms with van der Waals surface area (Å²) >= 11 is 1.98. The first-order chi connectivity index (χ1) is 10.3. The van der Waals surface area contributed by atoms with Crippen molar-refractivity contribution in [1.29, 1.82) is 0 Å². The molecular formula is C16H22N2O2S. The van der Waals surface area contributed by atoms with Gasteiger partial charge in [0.15, 0.2) is 0 Å². The average Bonchev–Trinajstić information content (AvgIpc) is 2.89. The van der Waals surface area contributed by atoms with E-state index in [2.05, 4.69) is 5.32 Å². The fraction of sp³-hybridized carbons (Fsp3) is 0.562. The maximum Gasteiger partial charge on any atom is 0.244 e. The Hall–Kier alpha value is -1.20. The number of ether oxygens (including phenoxy) is 1. The molecule has 4 nitrogen and oxygen atoms in total. The van der Waals surface area contributed by atoms with Crippen LogP contribution in [-0.4, -0.2) is 43.2 Å². The Morgan fingerprint density at radius 3 is 2.95 bits per heavy atom. The second-order valence-corrected chi connectivity index (χ2v) is 6.73. The molecular weight excluding hydrogens is 284 g/mol. The Morgan fingerprint density at radius 2 is 2.19 bits per heavy atom. The highest BCUT2D eigenvalue weighted by atomic mass is 32.2. The number of nitrogens with zero attached hydrogens (tertiary/aromatic N) is 1. The Bertz CT molecular complexity index is 503. The van der Waals surface area contributed by atoms with E-state index in [1.807, 2.05) is 40.9 Å². The Kier molecular flexibility index (Phi) is 4.70. The second-order valence-electron chi connectivity index (χ2n) is 5.58. The van der Waals surface area contributed by atoms with Crippen molar-refractivity contribution in [2.24, 2.45) is 0 Å². The first-order valence-electron chi connectivity index (χ1n) is 7.58. The third-order valence-corrected chi connectivity index (χ3v) is 5.39. The molecule has 2 aliphatic rings. The molecule has 114 valence electrons. The van der Waals surface area contributed by atoms with Gasteiger partial charge in [-0.3, -0.25) is 4.79 Å². The maximum absolute atomic E-state index is 12.6. The SMILES string of the molecule is COc1ccccc1N1CC[C@H](N[C@@H]2CCCSC2)C1=O. The van der Waals surface area contributed by atoms with Crippen molar-refractivity contribution in [3.05, 3.63) is 24.3 Å². The van der Waals surface area contributed by atoms with Crippen LogP contribution < -0.4 is 15.0 Å². The zero-order valence-corrected chi connectivity index (χ0v) is 13.2. The zero-order chi connectivity index (χ0) is 14.7. The fourth-order valence-corrected chi connectivity index (χ4v) is 4.17.